The van der Waals surface area contributed by atoms with E-state index in [-0.39, 0.29) is 30.1 Å². The molecule has 1 rings (SSSR count). The number of hydrogen-bond acceptors (Lipinski definition) is 6. The van der Waals surface area contributed by atoms with Crippen LogP contribution in [0.5, 0.6) is 0 Å². The maximum absolute atomic E-state index is 13.3. The van der Waals surface area contributed by atoms with Gasteiger partial charge in [-0.25, -0.2) is 4.79 Å². The Bertz CT molecular complexity index is 728. The molecule has 3 amide bonds. The van der Waals surface area contributed by atoms with E-state index in [1.807, 2.05) is 27.7 Å². The summed E-state index contributed by atoms with van der Waals surface area (Å²) in [5, 5.41) is 20.2. The monoisotopic (exact) mass is 539 g/mol. The number of rotatable bonds is 14. The molecule has 0 radical (unpaired) electrons. The third-order valence-electron chi connectivity index (χ3n) is 7.60. The molecule has 4 N–H and O–H groups in total. The highest BCUT2D eigenvalue weighted by Crippen LogP contribution is 2.30. The first-order valence-corrected chi connectivity index (χ1v) is 14.9. The molecule has 1 saturated carbocycles. The van der Waals surface area contributed by atoms with Gasteiger partial charge in [0.1, 0.15) is 5.60 Å². The van der Waals surface area contributed by atoms with Gasteiger partial charge >= 0.3 is 6.09 Å². The Balaban J connectivity index is 2.98. The highest BCUT2D eigenvalue weighted by Gasteiger charge is 2.34. The molecular weight excluding hydrogens is 482 g/mol. The summed E-state index contributed by atoms with van der Waals surface area (Å²) in [6.45, 7) is 18.1. The van der Waals surface area contributed by atoms with Crippen LogP contribution in [0, 0.1) is 29.6 Å². The minimum atomic E-state index is -0.942. The molecule has 1 fully saturated rings. The zero-order valence-corrected chi connectivity index (χ0v) is 25.6. The van der Waals surface area contributed by atoms with Crippen molar-refractivity contribution < 1.29 is 24.2 Å². The Morgan fingerprint density at radius 1 is 0.974 bits per heavy atom. The van der Waals surface area contributed by atoms with Gasteiger partial charge in [-0.3, -0.25) is 14.9 Å². The van der Waals surface area contributed by atoms with Crippen molar-refractivity contribution in [3.8, 4) is 0 Å². The van der Waals surface area contributed by atoms with Crippen LogP contribution in [0.4, 0.5) is 4.79 Å². The Morgan fingerprint density at radius 3 is 2.08 bits per heavy atom. The summed E-state index contributed by atoms with van der Waals surface area (Å²) in [6.07, 6.45) is 5.76. The van der Waals surface area contributed by atoms with E-state index in [1.165, 1.54) is 6.42 Å². The first-order valence-electron chi connectivity index (χ1n) is 14.9. The third kappa shape index (κ3) is 12.9. The molecule has 0 aliphatic heterocycles. The largest absolute Gasteiger partial charge is 0.444 e. The second kappa shape index (κ2) is 16.4. The van der Waals surface area contributed by atoms with Gasteiger partial charge in [0.05, 0.1) is 18.2 Å². The lowest BCUT2D eigenvalue weighted by molar-refractivity contribution is -0.136. The van der Waals surface area contributed by atoms with Crippen molar-refractivity contribution in [2.45, 2.75) is 137 Å². The zero-order chi connectivity index (χ0) is 29.0. The van der Waals surface area contributed by atoms with Crippen molar-refractivity contribution >= 4 is 17.9 Å². The van der Waals surface area contributed by atoms with Crippen molar-refractivity contribution in [3.63, 3.8) is 0 Å². The fraction of sp³-hybridized carbons (Fsp3) is 0.900. The van der Waals surface area contributed by atoms with Crippen LogP contribution in [0.3, 0.4) is 0 Å². The molecule has 1 aliphatic carbocycles. The normalized spacial score (nSPS) is 18.9. The van der Waals surface area contributed by atoms with Crippen LogP contribution in [-0.4, -0.2) is 53.3 Å². The van der Waals surface area contributed by atoms with Crippen molar-refractivity contribution in [1.29, 1.82) is 0 Å². The van der Waals surface area contributed by atoms with E-state index >= 15 is 0 Å². The third-order valence-corrected chi connectivity index (χ3v) is 7.60. The number of ether oxygens (including phenoxy) is 1. The highest BCUT2D eigenvalue weighted by atomic mass is 16.6. The Hall–Kier alpha value is -1.67. The molecule has 0 saturated heterocycles. The second-order valence-electron chi connectivity index (χ2n) is 13.2. The van der Waals surface area contributed by atoms with E-state index in [0.29, 0.717) is 24.8 Å². The van der Waals surface area contributed by atoms with Gasteiger partial charge < -0.3 is 20.5 Å². The van der Waals surface area contributed by atoms with Gasteiger partial charge in [0.25, 0.3) is 0 Å². The molecular formula is C30H57N3O5. The van der Waals surface area contributed by atoms with E-state index in [2.05, 4.69) is 29.8 Å². The van der Waals surface area contributed by atoms with E-state index in [4.69, 9.17) is 4.74 Å². The average molecular weight is 540 g/mol. The number of aliphatic hydroxyl groups excluding tert-OH is 1. The molecule has 0 heterocycles. The van der Waals surface area contributed by atoms with Crippen LogP contribution in [0.25, 0.3) is 0 Å². The van der Waals surface area contributed by atoms with Crippen molar-refractivity contribution in [3.05, 3.63) is 0 Å². The van der Waals surface area contributed by atoms with E-state index in [1.54, 1.807) is 20.8 Å². The minimum absolute atomic E-state index is 0.0718. The van der Waals surface area contributed by atoms with Gasteiger partial charge in [0.2, 0.25) is 11.8 Å². The Labute approximate surface area is 231 Å². The summed E-state index contributed by atoms with van der Waals surface area (Å²) in [5.74, 6) is -0.515. The van der Waals surface area contributed by atoms with Crippen LogP contribution in [0.1, 0.15) is 114 Å². The van der Waals surface area contributed by atoms with E-state index in [9.17, 15) is 19.5 Å². The molecule has 0 unspecified atom stereocenters. The Kier molecular flexibility index (Phi) is 14.9. The van der Waals surface area contributed by atoms with Crippen molar-refractivity contribution in [2.24, 2.45) is 29.6 Å². The average Bonchev–Trinajstić information content (AvgIpc) is 2.80. The van der Waals surface area contributed by atoms with Crippen LogP contribution in [0.15, 0.2) is 0 Å². The quantitative estimate of drug-likeness (QED) is 0.242. The standard InChI is InChI=1S/C30H57N3O5/c1-10-21(6)26(31-18-19(2)3)28(36)33-27(35)23(20(4)5)17-25(34)24(16-22-14-12-11-13-15-22)32-29(37)38-30(7,8)9/h19-26,31,34H,10-18H2,1-9H3,(H,32,37)(H,33,35,36)/t21-,23-,24-,25-,26-/m0/s1. The van der Waals surface area contributed by atoms with Crippen LogP contribution >= 0.6 is 0 Å². The number of alkyl carbamates (subject to hydrolysis) is 1. The van der Waals surface area contributed by atoms with Crippen LogP contribution in [-0.2, 0) is 14.3 Å². The first kappa shape index (κ1) is 34.4. The van der Waals surface area contributed by atoms with E-state index in [0.717, 1.165) is 32.1 Å². The number of aliphatic hydroxyl groups is 1. The predicted octanol–water partition coefficient (Wildman–Crippen LogP) is 5.18. The first-order chi connectivity index (χ1) is 17.6. The maximum Gasteiger partial charge on any atom is 0.407 e. The molecule has 0 bridgehead atoms. The highest BCUT2D eigenvalue weighted by molar-refractivity contribution is 5.98. The van der Waals surface area contributed by atoms with Crippen LogP contribution < -0.4 is 16.0 Å². The second-order valence-corrected chi connectivity index (χ2v) is 13.2. The van der Waals surface area contributed by atoms with Crippen molar-refractivity contribution in [1.82, 2.24) is 16.0 Å². The number of amides is 3. The smallest absolute Gasteiger partial charge is 0.407 e. The fourth-order valence-electron chi connectivity index (χ4n) is 5.10. The lowest BCUT2D eigenvalue weighted by Gasteiger charge is -2.33. The van der Waals surface area contributed by atoms with Gasteiger partial charge in [-0.1, -0.05) is 80.1 Å². The molecule has 38 heavy (non-hydrogen) atoms. The topological polar surface area (TPSA) is 117 Å². The number of hydrogen-bond donors (Lipinski definition) is 4. The van der Waals surface area contributed by atoms with E-state index < -0.39 is 35.8 Å². The number of carbonyl (C=O) groups is 3. The molecule has 0 spiro atoms. The minimum Gasteiger partial charge on any atom is -0.444 e. The molecule has 8 heteroatoms. The molecule has 8 nitrogen and oxygen atoms in total. The summed E-state index contributed by atoms with van der Waals surface area (Å²) in [6, 6.07) is -0.991. The number of nitrogens with one attached hydrogen (secondary N) is 3. The number of imide groups is 1. The van der Waals surface area contributed by atoms with Crippen molar-refractivity contribution in [2.75, 3.05) is 6.54 Å². The molecule has 222 valence electrons. The molecule has 1 aliphatic rings. The summed E-state index contributed by atoms with van der Waals surface area (Å²) in [5.41, 5.74) is -0.652. The summed E-state index contributed by atoms with van der Waals surface area (Å²) in [7, 11) is 0. The maximum atomic E-state index is 13.3. The summed E-state index contributed by atoms with van der Waals surface area (Å²) in [4.78, 5) is 39.1. The molecule has 5 atom stereocenters. The Morgan fingerprint density at radius 2 is 1.58 bits per heavy atom. The lowest BCUT2D eigenvalue weighted by atomic mass is 9.81. The zero-order valence-electron chi connectivity index (χ0n) is 25.6. The summed E-state index contributed by atoms with van der Waals surface area (Å²) < 4.78 is 5.47. The van der Waals surface area contributed by atoms with Gasteiger partial charge in [0, 0.05) is 5.92 Å². The number of carbonyl (C=O) groups excluding carboxylic acids is 3. The SMILES string of the molecule is CC[C@H](C)[C@H](NCC(C)C)C(=O)NC(=O)[C@@H](C[C@H](O)[C@H](CC1CCCCC1)NC(=O)OC(C)(C)C)C(C)C. The van der Waals surface area contributed by atoms with Crippen LogP contribution in [0.2, 0.25) is 0 Å². The summed E-state index contributed by atoms with van der Waals surface area (Å²) >= 11 is 0. The molecule has 0 aromatic heterocycles. The van der Waals surface area contributed by atoms with Gasteiger partial charge in [-0.05, 0) is 63.8 Å². The molecule has 0 aromatic rings. The lowest BCUT2D eigenvalue weighted by Crippen LogP contribution is -2.53. The van der Waals surface area contributed by atoms with Gasteiger partial charge in [-0.15, -0.1) is 0 Å². The van der Waals surface area contributed by atoms with Gasteiger partial charge in [0.15, 0.2) is 0 Å². The predicted molar refractivity (Wildman–Crippen MR) is 153 cm³/mol. The fourth-order valence-corrected chi connectivity index (χ4v) is 5.10. The van der Waals surface area contributed by atoms with Gasteiger partial charge in [-0.2, -0.15) is 0 Å². The molecule has 0 aromatic carbocycles.